The zero-order valence-electron chi connectivity index (χ0n) is 14.7. The van der Waals surface area contributed by atoms with Crippen LogP contribution in [0.15, 0.2) is 4.99 Å². The van der Waals surface area contributed by atoms with Crippen LogP contribution in [0.1, 0.15) is 28.4 Å². The van der Waals surface area contributed by atoms with Gasteiger partial charge < -0.3 is 10.6 Å². The third-order valence-corrected chi connectivity index (χ3v) is 6.77. The summed E-state index contributed by atoms with van der Waals surface area (Å²) in [6.45, 7) is 4.04. The molecule has 0 amide bonds. The molecule has 1 saturated heterocycles. The third-order valence-electron chi connectivity index (χ3n) is 4.07. The van der Waals surface area contributed by atoms with E-state index in [2.05, 4.69) is 20.6 Å². The van der Waals surface area contributed by atoms with Gasteiger partial charge in [0.2, 0.25) is 0 Å². The van der Waals surface area contributed by atoms with Gasteiger partial charge in [-0.25, -0.2) is 13.4 Å². The quantitative estimate of drug-likeness (QED) is 0.580. The average molecular weight is 413 g/mol. The number of guanidine groups is 1. The van der Waals surface area contributed by atoms with Crippen molar-refractivity contribution in [3.8, 4) is 0 Å². The number of nitrogens with zero attached hydrogens (tertiary/aromatic N) is 3. The minimum atomic E-state index is -5.25. The Morgan fingerprint density at radius 2 is 1.96 bits per heavy atom. The van der Waals surface area contributed by atoms with Crippen molar-refractivity contribution in [1.82, 2.24) is 19.9 Å². The number of alkyl halides is 3. The number of hydrogen-bond donors (Lipinski definition) is 2. The van der Waals surface area contributed by atoms with Crippen molar-refractivity contribution < 1.29 is 21.6 Å². The van der Waals surface area contributed by atoms with E-state index in [9.17, 15) is 21.6 Å². The predicted octanol–water partition coefficient (Wildman–Crippen LogP) is 1.74. The first-order valence-corrected chi connectivity index (χ1v) is 10.3. The number of aromatic nitrogens is 1. The van der Waals surface area contributed by atoms with E-state index in [-0.39, 0.29) is 32.0 Å². The van der Waals surface area contributed by atoms with E-state index in [0.29, 0.717) is 16.8 Å². The molecule has 0 atom stereocenters. The van der Waals surface area contributed by atoms with Crippen molar-refractivity contribution in [2.45, 2.75) is 44.8 Å². The second-order valence-electron chi connectivity index (χ2n) is 5.94. The van der Waals surface area contributed by atoms with E-state index < -0.39 is 15.5 Å². The molecule has 2 rings (SSSR count). The number of rotatable bonds is 4. The lowest BCUT2D eigenvalue weighted by Crippen LogP contribution is -2.51. The van der Waals surface area contributed by atoms with E-state index in [1.807, 2.05) is 13.8 Å². The zero-order chi connectivity index (χ0) is 19.5. The normalized spacial score (nSPS) is 18.2. The van der Waals surface area contributed by atoms with Crippen LogP contribution in [0.3, 0.4) is 0 Å². The van der Waals surface area contributed by atoms with Gasteiger partial charge in [-0.15, -0.1) is 11.3 Å². The van der Waals surface area contributed by atoms with Crippen LogP contribution >= 0.6 is 11.3 Å². The summed E-state index contributed by atoms with van der Waals surface area (Å²) in [5.74, 6) is 0.521. The van der Waals surface area contributed by atoms with E-state index in [1.165, 1.54) is 0 Å². The Bertz CT molecular complexity index is 753. The van der Waals surface area contributed by atoms with Gasteiger partial charge in [0, 0.05) is 31.1 Å². The fraction of sp³-hybridized carbons (Fsp3) is 0.714. The molecule has 1 fully saturated rings. The summed E-state index contributed by atoms with van der Waals surface area (Å²) in [5, 5.41) is 7.26. The minimum absolute atomic E-state index is 0.148. The summed E-state index contributed by atoms with van der Waals surface area (Å²) in [7, 11) is -3.65. The van der Waals surface area contributed by atoms with E-state index in [4.69, 9.17) is 0 Å². The highest BCUT2D eigenvalue weighted by Gasteiger charge is 2.50. The van der Waals surface area contributed by atoms with Crippen LogP contribution in [-0.4, -0.2) is 55.4 Å². The molecule has 1 aliphatic rings. The van der Waals surface area contributed by atoms with E-state index >= 15 is 0 Å². The van der Waals surface area contributed by atoms with E-state index in [0.717, 1.165) is 15.6 Å². The number of sulfonamides is 1. The molecule has 1 aliphatic heterocycles. The number of aliphatic imine (C=N–C) groups is 1. The molecule has 2 N–H and O–H groups in total. The van der Waals surface area contributed by atoms with Gasteiger partial charge in [-0.2, -0.15) is 17.5 Å². The van der Waals surface area contributed by atoms with Crippen LogP contribution < -0.4 is 10.6 Å². The number of thiazole rings is 1. The summed E-state index contributed by atoms with van der Waals surface area (Å²) in [4.78, 5) is 9.53. The maximum atomic E-state index is 12.6. The molecule has 148 valence electrons. The molecule has 0 saturated carbocycles. The Morgan fingerprint density at radius 1 is 1.35 bits per heavy atom. The number of halogens is 3. The largest absolute Gasteiger partial charge is 0.511 e. The average Bonchev–Trinajstić information content (AvgIpc) is 2.88. The van der Waals surface area contributed by atoms with Crippen molar-refractivity contribution in [3.63, 3.8) is 0 Å². The first-order chi connectivity index (χ1) is 12.0. The Labute approximate surface area is 154 Å². The van der Waals surface area contributed by atoms with Crippen molar-refractivity contribution >= 4 is 27.3 Å². The molecular formula is C14H22F3N5O2S2. The molecule has 12 heteroatoms. The lowest BCUT2D eigenvalue weighted by atomic mass is 10.1. The van der Waals surface area contributed by atoms with Gasteiger partial charge in [0.1, 0.15) is 0 Å². The molecule has 0 radical (unpaired) electrons. The van der Waals surface area contributed by atoms with Gasteiger partial charge in [0.15, 0.2) is 5.96 Å². The van der Waals surface area contributed by atoms with Gasteiger partial charge in [0.05, 0.1) is 17.2 Å². The van der Waals surface area contributed by atoms with Crippen LogP contribution in [0.2, 0.25) is 0 Å². The van der Waals surface area contributed by atoms with Crippen molar-refractivity contribution in [2.75, 3.05) is 20.1 Å². The van der Waals surface area contributed by atoms with Crippen LogP contribution in [0.4, 0.5) is 13.2 Å². The fourth-order valence-electron chi connectivity index (χ4n) is 2.68. The molecule has 0 aliphatic carbocycles. The third kappa shape index (κ3) is 4.86. The molecule has 1 aromatic heterocycles. The molecular weight excluding hydrogens is 391 g/mol. The molecule has 1 aromatic rings. The van der Waals surface area contributed by atoms with Crippen LogP contribution in [0, 0.1) is 13.8 Å². The molecule has 0 spiro atoms. The number of piperidine rings is 1. The highest BCUT2D eigenvalue weighted by atomic mass is 32.2. The SMILES string of the molecule is CN=C(NCc1sc(C)nc1C)NC1CCN(S(=O)(=O)C(F)(F)F)CC1. The van der Waals surface area contributed by atoms with Crippen LogP contribution in [0.5, 0.6) is 0 Å². The highest BCUT2D eigenvalue weighted by molar-refractivity contribution is 7.90. The number of hydrogen-bond acceptors (Lipinski definition) is 5. The van der Waals surface area contributed by atoms with Crippen LogP contribution in [0.25, 0.3) is 0 Å². The summed E-state index contributed by atoms with van der Waals surface area (Å²) >= 11 is 1.58. The monoisotopic (exact) mass is 413 g/mol. The summed E-state index contributed by atoms with van der Waals surface area (Å²) < 4.78 is 61.1. The summed E-state index contributed by atoms with van der Waals surface area (Å²) in [5.41, 5.74) is -4.31. The highest BCUT2D eigenvalue weighted by Crippen LogP contribution is 2.28. The Balaban J connectivity index is 1.86. The Hall–Kier alpha value is -1.40. The lowest BCUT2D eigenvalue weighted by Gasteiger charge is -2.32. The summed E-state index contributed by atoms with van der Waals surface area (Å²) in [6, 6.07) is -0.148. The Kier molecular flexibility index (Phi) is 6.51. The molecule has 0 bridgehead atoms. The van der Waals surface area contributed by atoms with Gasteiger partial charge >= 0.3 is 15.5 Å². The molecule has 2 heterocycles. The smallest absolute Gasteiger partial charge is 0.354 e. The van der Waals surface area contributed by atoms with Crippen molar-refractivity contribution in [2.24, 2.45) is 4.99 Å². The van der Waals surface area contributed by atoms with Gasteiger partial charge in [-0.3, -0.25) is 4.99 Å². The number of nitrogens with one attached hydrogen (secondary N) is 2. The maximum Gasteiger partial charge on any atom is 0.511 e. The minimum Gasteiger partial charge on any atom is -0.354 e. The maximum absolute atomic E-state index is 12.6. The predicted molar refractivity (Wildman–Crippen MR) is 94.5 cm³/mol. The van der Waals surface area contributed by atoms with Crippen molar-refractivity contribution in [1.29, 1.82) is 0 Å². The molecule has 26 heavy (non-hydrogen) atoms. The van der Waals surface area contributed by atoms with Gasteiger partial charge in [-0.1, -0.05) is 0 Å². The van der Waals surface area contributed by atoms with Crippen molar-refractivity contribution in [3.05, 3.63) is 15.6 Å². The van der Waals surface area contributed by atoms with Crippen LogP contribution in [-0.2, 0) is 16.6 Å². The zero-order valence-corrected chi connectivity index (χ0v) is 16.4. The molecule has 0 aromatic carbocycles. The topological polar surface area (TPSA) is 86.7 Å². The molecule has 0 unspecified atom stereocenters. The standard InChI is InChI=1S/C14H22F3N5O2S2/c1-9-12(25-10(2)20-9)8-19-13(18-3)21-11-4-6-22(7-5-11)26(23,24)14(15,16)17/h11H,4-8H2,1-3H3,(H2,18,19,21). The lowest BCUT2D eigenvalue weighted by molar-refractivity contribution is -0.0494. The van der Waals surface area contributed by atoms with Gasteiger partial charge in [0.25, 0.3) is 0 Å². The van der Waals surface area contributed by atoms with E-state index in [1.54, 1.807) is 18.4 Å². The summed E-state index contributed by atoms with van der Waals surface area (Å²) in [6.07, 6.45) is 0.545. The fourth-order valence-corrected chi connectivity index (χ4v) is 4.54. The first kappa shape index (κ1) is 20.9. The van der Waals surface area contributed by atoms with Gasteiger partial charge in [-0.05, 0) is 26.7 Å². The second-order valence-corrected chi connectivity index (χ2v) is 9.15. The Morgan fingerprint density at radius 3 is 2.42 bits per heavy atom. The molecule has 7 nitrogen and oxygen atoms in total. The first-order valence-electron chi connectivity index (χ1n) is 8.01. The number of aryl methyl sites for hydroxylation is 2. The second kappa shape index (κ2) is 8.09.